The van der Waals surface area contributed by atoms with E-state index in [9.17, 15) is 0 Å². The van der Waals surface area contributed by atoms with Crippen molar-refractivity contribution < 1.29 is 0 Å². The predicted octanol–water partition coefficient (Wildman–Crippen LogP) is 2.44. The Morgan fingerprint density at radius 3 is 3.06 bits per heavy atom. The highest BCUT2D eigenvalue weighted by Crippen LogP contribution is 2.27. The van der Waals surface area contributed by atoms with E-state index in [1.54, 1.807) is 0 Å². The second-order valence-electron chi connectivity index (χ2n) is 4.84. The number of aryl methyl sites for hydroxylation is 2. The van der Waals surface area contributed by atoms with E-state index in [0.717, 1.165) is 25.0 Å². The first-order valence-corrected chi connectivity index (χ1v) is 6.48. The van der Waals surface area contributed by atoms with Crippen LogP contribution >= 0.6 is 0 Å². The van der Waals surface area contributed by atoms with Crippen LogP contribution in [-0.2, 0) is 6.42 Å². The molecule has 1 unspecified atom stereocenters. The summed E-state index contributed by atoms with van der Waals surface area (Å²) in [4.78, 5) is 4.77. The Morgan fingerprint density at radius 1 is 1.47 bits per heavy atom. The molecule has 0 aliphatic carbocycles. The molecule has 1 saturated heterocycles. The molecule has 0 spiro atoms. The van der Waals surface area contributed by atoms with Crippen molar-refractivity contribution in [2.75, 3.05) is 13.1 Å². The normalized spacial score (nSPS) is 20.2. The SMILES string of the molecule is CCc1nc2cccc(C)c2n1C1CCNC1. The lowest BCUT2D eigenvalue weighted by Gasteiger charge is -2.16. The Morgan fingerprint density at radius 2 is 2.35 bits per heavy atom. The van der Waals surface area contributed by atoms with Gasteiger partial charge in [-0.15, -0.1) is 0 Å². The molecular weight excluding hydrogens is 210 g/mol. The third kappa shape index (κ3) is 1.65. The number of benzene rings is 1. The lowest BCUT2D eigenvalue weighted by atomic mass is 10.1. The first-order valence-electron chi connectivity index (χ1n) is 6.48. The monoisotopic (exact) mass is 229 g/mol. The van der Waals surface area contributed by atoms with Gasteiger partial charge in [-0.3, -0.25) is 0 Å². The minimum atomic E-state index is 0.580. The maximum absolute atomic E-state index is 4.77. The van der Waals surface area contributed by atoms with E-state index in [0.29, 0.717) is 6.04 Å². The van der Waals surface area contributed by atoms with E-state index in [-0.39, 0.29) is 0 Å². The van der Waals surface area contributed by atoms with Crippen LogP contribution in [0.4, 0.5) is 0 Å². The minimum absolute atomic E-state index is 0.580. The van der Waals surface area contributed by atoms with Gasteiger partial charge in [0.2, 0.25) is 0 Å². The molecule has 1 fully saturated rings. The van der Waals surface area contributed by atoms with E-state index < -0.39 is 0 Å². The van der Waals surface area contributed by atoms with Crippen LogP contribution in [0.2, 0.25) is 0 Å². The molecule has 0 saturated carbocycles. The van der Waals surface area contributed by atoms with Crippen molar-refractivity contribution in [2.45, 2.75) is 32.7 Å². The van der Waals surface area contributed by atoms with Crippen molar-refractivity contribution >= 4 is 11.0 Å². The van der Waals surface area contributed by atoms with Gasteiger partial charge in [-0.05, 0) is 31.5 Å². The molecule has 2 heterocycles. The first-order chi connectivity index (χ1) is 8.31. The topological polar surface area (TPSA) is 29.9 Å². The summed E-state index contributed by atoms with van der Waals surface area (Å²) in [6.45, 7) is 6.57. The van der Waals surface area contributed by atoms with E-state index in [1.165, 1.54) is 23.3 Å². The summed E-state index contributed by atoms with van der Waals surface area (Å²) in [6, 6.07) is 6.99. The molecular formula is C14H19N3. The Labute approximate surface area is 102 Å². The van der Waals surface area contributed by atoms with Gasteiger partial charge in [0.1, 0.15) is 5.82 Å². The molecule has 0 amide bonds. The zero-order valence-corrected chi connectivity index (χ0v) is 10.5. The van der Waals surface area contributed by atoms with Gasteiger partial charge >= 0.3 is 0 Å². The molecule has 1 aromatic heterocycles. The van der Waals surface area contributed by atoms with Gasteiger partial charge in [-0.1, -0.05) is 19.1 Å². The summed E-state index contributed by atoms with van der Waals surface area (Å²) in [5.74, 6) is 1.23. The van der Waals surface area contributed by atoms with Crippen molar-refractivity contribution in [3.05, 3.63) is 29.6 Å². The molecule has 17 heavy (non-hydrogen) atoms. The van der Waals surface area contributed by atoms with Gasteiger partial charge in [0.25, 0.3) is 0 Å². The minimum Gasteiger partial charge on any atom is -0.323 e. The van der Waals surface area contributed by atoms with E-state index in [2.05, 4.69) is 41.9 Å². The van der Waals surface area contributed by atoms with Crippen molar-refractivity contribution in [1.29, 1.82) is 0 Å². The summed E-state index contributed by atoms with van der Waals surface area (Å²) in [5, 5.41) is 3.45. The molecule has 1 aliphatic heterocycles. The second-order valence-corrected chi connectivity index (χ2v) is 4.84. The molecule has 3 nitrogen and oxygen atoms in total. The average Bonchev–Trinajstić information content (AvgIpc) is 2.95. The lowest BCUT2D eigenvalue weighted by molar-refractivity contribution is 0.539. The van der Waals surface area contributed by atoms with Crippen LogP contribution in [0.15, 0.2) is 18.2 Å². The largest absolute Gasteiger partial charge is 0.323 e. The van der Waals surface area contributed by atoms with E-state index >= 15 is 0 Å². The van der Waals surface area contributed by atoms with Gasteiger partial charge in [0.15, 0.2) is 0 Å². The number of rotatable bonds is 2. The van der Waals surface area contributed by atoms with E-state index in [1.807, 2.05) is 0 Å². The summed E-state index contributed by atoms with van der Waals surface area (Å²) in [5.41, 5.74) is 3.81. The number of hydrogen-bond donors (Lipinski definition) is 1. The van der Waals surface area contributed by atoms with Crippen molar-refractivity contribution in [2.24, 2.45) is 0 Å². The highest BCUT2D eigenvalue weighted by atomic mass is 15.1. The second kappa shape index (κ2) is 4.15. The van der Waals surface area contributed by atoms with Crippen LogP contribution in [0.3, 0.4) is 0 Å². The maximum Gasteiger partial charge on any atom is 0.109 e. The molecule has 90 valence electrons. The van der Waals surface area contributed by atoms with Gasteiger partial charge in [-0.25, -0.2) is 4.98 Å². The van der Waals surface area contributed by atoms with Gasteiger partial charge < -0.3 is 9.88 Å². The lowest BCUT2D eigenvalue weighted by Crippen LogP contribution is -2.15. The quantitative estimate of drug-likeness (QED) is 0.857. The van der Waals surface area contributed by atoms with Crippen LogP contribution in [0.25, 0.3) is 11.0 Å². The fourth-order valence-electron chi connectivity index (χ4n) is 2.87. The van der Waals surface area contributed by atoms with Crippen LogP contribution in [0, 0.1) is 6.92 Å². The number of nitrogens with one attached hydrogen (secondary N) is 1. The Hall–Kier alpha value is -1.35. The zero-order chi connectivity index (χ0) is 11.8. The van der Waals surface area contributed by atoms with Crippen LogP contribution < -0.4 is 5.32 Å². The molecule has 1 N–H and O–H groups in total. The number of fused-ring (bicyclic) bond motifs is 1. The summed E-state index contributed by atoms with van der Waals surface area (Å²) < 4.78 is 2.46. The molecule has 3 heteroatoms. The molecule has 1 aliphatic rings. The Balaban J connectivity index is 2.24. The molecule has 0 radical (unpaired) electrons. The number of aromatic nitrogens is 2. The van der Waals surface area contributed by atoms with Gasteiger partial charge in [0.05, 0.1) is 11.0 Å². The molecule has 2 aromatic rings. The highest BCUT2D eigenvalue weighted by molar-refractivity contribution is 5.79. The number of imidazole rings is 1. The Kier molecular flexibility index (Phi) is 2.63. The fourth-order valence-corrected chi connectivity index (χ4v) is 2.87. The molecule has 3 rings (SSSR count). The van der Waals surface area contributed by atoms with Gasteiger partial charge in [0, 0.05) is 19.0 Å². The maximum atomic E-state index is 4.77. The molecule has 1 atom stereocenters. The van der Waals surface area contributed by atoms with Crippen molar-refractivity contribution in [3.8, 4) is 0 Å². The standard InChI is InChI=1S/C14H19N3/c1-3-13-16-12-6-4-5-10(2)14(12)17(13)11-7-8-15-9-11/h4-6,11,15H,3,7-9H2,1-2H3. The number of para-hydroxylation sites is 1. The van der Waals surface area contributed by atoms with Crippen LogP contribution in [0.1, 0.15) is 30.8 Å². The van der Waals surface area contributed by atoms with E-state index in [4.69, 9.17) is 4.98 Å². The fraction of sp³-hybridized carbons (Fsp3) is 0.500. The van der Waals surface area contributed by atoms with Crippen molar-refractivity contribution in [3.63, 3.8) is 0 Å². The predicted molar refractivity (Wildman–Crippen MR) is 70.4 cm³/mol. The molecule has 1 aromatic carbocycles. The van der Waals surface area contributed by atoms with Crippen LogP contribution in [-0.4, -0.2) is 22.6 Å². The summed E-state index contributed by atoms with van der Waals surface area (Å²) in [6.07, 6.45) is 2.22. The third-order valence-corrected chi connectivity index (χ3v) is 3.70. The average molecular weight is 229 g/mol. The van der Waals surface area contributed by atoms with Crippen LogP contribution in [0.5, 0.6) is 0 Å². The summed E-state index contributed by atoms with van der Waals surface area (Å²) in [7, 11) is 0. The third-order valence-electron chi connectivity index (χ3n) is 3.70. The number of hydrogen-bond acceptors (Lipinski definition) is 2. The summed E-state index contributed by atoms with van der Waals surface area (Å²) >= 11 is 0. The number of nitrogens with zero attached hydrogens (tertiary/aromatic N) is 2. The van der Waals surface area contributed by atoms with Crippen molar-refractivity contribution in [1.82, 2.24) is 14.9 Å². The smallest absolute Gasteiger partial charge is 0.109 e. The highest BCUT2D eigenvalue weighted by Gasteiger charge is 2.22. The Bertz CT molecular complexity index is 536. The van der Waals surface area contributed by atoms with Gasteiger partial charge in [-0.2, -0.15) is 0 Å². The zero-order valence-electron chi connectivity index (χ0n) is 10.5. The first kappa shape index (κ1) is 10.8. The molecule has 0 bridgehead atoms.